The van der Waals surface area contributed by atoms with Gasteiger partial charge in [-0.25, -0.2) is 4.79 Å². The quantitative estimate of drug-likeness (QED) is 0.812. The summed E-state index contributed by atoms with van der Waals surface area (Å²) in [6, 6.07) is 1.43. The normalized spacial score (nSPS) is 16.6. The van der Waals surface area contributed by atoms with Crippen LogP contribution in [0.4, 0.5) is 0 Å². The number of carbonyl (C=O) groups is 3. The molecule has 2 amide bonds. The van der Waals surface area contributed by atoms with Crippen molar-refractivity contribution < 1.29 is 19.1 Å². The Bertz CT molecular complexity index is 546. The third-order valence-electron chi connectivity index (χ3n) is 3.49. The van der Waals surface area contributed by atoms with Gasteiger partial charge in [-0.15, -0.1) is 11.3 Å². The van der Waals surface area contributed by atoms with Crippen LogP contribution in [0.3, 0.4) is 0 Å². The van der Waals surface area contributed by atoms with Gasteiger partial charge >= 0.3 is 5.97 Å². The van der Waals surface area contributed by atoms with Crippen molar-refractivity contribution in [3.8, 4) is 0 Å². The molecule has 0 aromatic carbocycles. The molecule has 3 N–H and O–H groups in total. The van der Waals surface area contributed by atoms with E-state index in [0.29, 0.717) is 23.3 Å². The van der Waals surface area contributed by atoms with Crippen LogP contribution in [-0.2, 0) is 9.53 Å². The fourth-order valence-corrected chi connectivity index (χ4v) is 3.21. The highest BCUT2D eigenvalue weighted by molar-refractivity contribution is 7.12. The number of nitrogens with two attached hydrogens (primary N) is 1. The zero-order valence-corrected chi connectivity index (χ0v) is 11.9. The Morgan fingerprint density at radius 3 is 2.50 bits per heavy atom. The highest BCUT2D eigenvalue weighted by Gasteiger charge is 2.43. The summed E-state index contributed by atoms with van der Waals surface area (Å²) in [5.74, 6) is -1.38. The molecule has 1 saturated carbocycles. The van der Waals surface area contributed by atoms with E-state index in [2.05, 4.69) is 5.32 Å². The molecule has 0 bridgehead atoms. The predicted octanol–water partition coefficient (Wildman–Crippen LogP) is 1.06. The summed E-state index contributed by atoms with van der Waals surface area (Å²) in [5.41, 5.74) is 4.50. The standard InChI is InChI=1S/C13H16N2O4S/c1-19-12(18)13(4-2-3-5-13)15-11(17)9-6-8(7-20-9)10(14)16/h6-7H,2-5H2,1H3,(H2,14,16)(H,15,17). The average Bonchev–Trinajstić information content (AvgIpc) is 3.07. The molecule has 1 aliphatic carbocycles. The maximum atomic E-state index is 12.2. The third-order valence-corrected chi connectivity index (χ3v) is 4.42. The summed E-state index contributed by atoms with van der Waals surface area (Å²) in [5, 5.41) is 4.28. The topological polar surface area (TPSA) is 98.5 Å². The highest BCUT2D eigenvalue weighted by atomic mass is 32.1. The van der Waals surface area contributed by atoms with Crippen LogP contribution in [0.1, 0.15) is 45.7 Å². The van der Waals surface area contributed by atoms with Gasteiger partial charge in [0.25, 0.3) is 5.91 Å². The van der Waals surface area contributed by atoms with Crippen LogP contribution in [0.15, 0.2) is 11.4 Å². The number of esters is 1. The van der Waals surface area contributed by atoms with Crippen LogP contribution in [0, 0.1) is 0 Å². The first-order valence-electron chi connectivity index (χ1n) is 6.28. The van der Waals surface area contributed by atoms with Crippen molar-refractivity contribution in [3.63, 3.8) is 0 Å². The summed E-state index contributed by atoms with van der Waals surface area (Å²) < 4.78 is 4.79. The molecule has 0 unspecified atom stereocenters. The number of methoxy groups -OCH3 is 1. The second kappa shape index (κ2) is 5.62. The molecule has 0 radical (unpaired) electrons. The SMILES string of the molecule is COC(=O)C1(NC(=O)c2cc(C(N)=O)cs2)CCCC1. The minimum Gasteiger partial charge on any atom is -0.467 e. The molecule has 0 atom stereocenters. The number of amides is 2. The number of thiophene rings is 1. The lowest BCUT2D eigenvalue weighted by atomic mass is 9.97. The first-order valence-corrected chi connectivity index (χ1v) is 7.16. The Morgan fingerprint density at radius 1 is 1.35 bits per heavy atom. The van der Waals surface area contributed by atoms with E-state index in [0.717, 1.165) is 24.2 Å². The van der Waals surface area contributed by atoms with Crippen LogP contribution < -0.4 is 11.1 Å². The molecule has 108 valence electrons. The monoisotopic (exact) mass is 296 g/mol. The molecular weight excluding hydrogens is 280 g/mol. The zero-order chi connectivity index (χ0) is 14.8. The Kier molecular flexibility index (Phi) is 4.08. The molecule has 1 aromatic rings. The Balaban J connectivity index is 2.16. The molecule has 1 fully saturated rings. The van der Waals surface area contributed by atoms with Gasteiger partial charge in [-0.3, -0.25) is 9.59 Å². The summed E-state index contributed by atoms with van der Waals surface area (Å²) in [4.78, 5) is 35.5. The Morgan fingerprint density at radius 2 is 2.00 bits per heavy atom. The molecule has 7 heteroatoms. The van der Waals surface area contributed by atoms with Crippen molar-refractivity contribution in [2.24, 2.45) is 5.73 Å². The van der Waals surface area contributed by atoms with Gasteiger partial charge in [-0.1, -0.05) is 12.8 Å². The van der Waals surface area contributed by atoms with E-state index in [-0.39, 0.29) is 5.91 Å². The number of primary amides is 1. The summed E-state index contributed by atoms with van der Waals surface area (Å²) in [6.07, 6.45) is 2.87. The van der Waals surface area contributed by atoms with Crippen molar-refractivity contribution in [3.05, 3.63) is 21.9 Å². The van der Waals surface area contributed by atoms with Crippen molar-refractivity contribution in [1.82, 2.24) is 5.32 Å². The lowest BCUT2D eigenvalue weighted by molar-refractivity contribution is -0.148. The van der Waals surface area contributed by atoms with Gasteiger partial charge in [0.15, 0.2) is 0 Å². The van der Waals surface area contributed by atoms with E-state index < -0.39 is 17.4 Å². The Labute approximate surface area is 120 Å². The predicted molar refractivity (Wildman–Crippen MR) is 73.5 cm³/mol. The lowest BCUT2D eigenvalue weighted by Crippen LogP contribution is -2.53. The van der Waals surface area contributed by atoms with Gasteiger partial charge in [-0.2, -0.15) is 0 Å². The van der Waals surface area contributed by atoms with Gasteiger partial charge in [0.1, 0.15) is 5.54 Å². The van der Waals surface area contributed by atoms with Crippen LogP contribution in [-0.4, -0.2) is 30.4 Å². The maximum absolute atomic E-state index is 12.2. The molecule has 0 spiro atoms. The van der Waals surface area contributed by atoms with E-state index in [1.165, 1.54) is 18.6 Å². The molecule has 1 aliphatic rings. The van der Waals surface area contributed by atoms with E-state index in [1.807, 2.05) is 0 Å². The molecule has 0 aliphatic heterocycles. The summed E-state index contributed by atoms with van der Waals surface area (Å²) in [7, 11) is 1.31. The molecule has 6 nitrogen and oxygen atoms in total. The van der Waals surface area contributed by atoms with Crippen molar-refractivity contribution in [1.29, 1.82) is 0 Å². The lowest BCUT2D eigenvalue weighted by Gasteiger charge is -2.26. The van der Waals surface area contributed by atoms with E-state index in [4.69, 9.17) is 10.5 Å². The minimum atomic E-state index is -0.942. The number of ether oxygens (including phenoxy) is 1. The van der Waals surface area contributed by atoms with Crippen LogP contribution in [0.25, 0.3) is 0 Å². The van der Waals surface area contributed by atoms with E-state index in [9.17, 15) is 14.4 Å². The highest BCUT2D eigenvalue weighted by Crippen LogP contribution is 2.31. The van der Waals surface area contributed by atoms with Gasteiger partial charge in [0, 0.05) is 5.38 Å². The second-order valence-electron chi connectivity index (χ2n) is 4.80. The zero-order valence-electron chi connectivity index (χ0n) is 11.1. The minimum absolute atomic E-state index is 0.290. The van der Waals surface area contributed by atoms with E-state index in [1.54, 1.807) is 0 Å². The number of rotatable bonds is 4. The van der Waals surface area contributed by atoms with Crippen LogP contribution in [0.2, 0.25) is 0 Å². The molecule has 20 heavy (non-hydrogen) atoms. The van der Waals surface area contributed by atoms with Gasteiger partial charge in [0.05, 0.1) is 17.6 Å². The van der Waals surface area contributed by atoms with Crippen LogP contribution >= 0.6 is 11.3 Å². The molecule has 2 rings (SSSR count). The molecule has 1 heterocycles. The largest absolute Gasteiger partial charge is 0.467 e. The fraction of sp³-hybridized carbons (Fsp3) is 0.462. The summed E-state index contributed by atoms with van der Waals surface area (Å²) >= 11 is 1.12. The number of hydrogen-bond acceptors (Lipinski definition) is 5. The molecular formula is C13H16N2O4S. The van der Waals surface area contributed by atoms with E-state index >= 15 is 0 Å². The first-order chi connectivity index (χ1) is 9.48. The van der Waals surface area contributed by atoms with Crippen LogP contribution in [0.5, 0.6) is 0 Å². The van der Waals surface area contributed by atoms with Gasteiger partial charge < -0.3 is 15.8 Å². The van der Waals surface area contributed by atoms with Crippen molar-refractivity contribution >= 4 is 29.1 Å². The van der Waals surface area contributed by atoms with Crippen molar-refractivity contribution in [2.75, 3.05) is 7.11 Å². The third kappa shape index (κ3) is 2.67. The number of nitrogens with one attached hydrogen (secondary N) is 1. The molecule has 0 saturated heterocycles. The van der Waals surface area contributed by atoms with Gasteiger partial charge in [0.2, 0.25) is 5.91 Å². The van der Waals surface area contributed by atoms with Gasteiger partial charge in [-0.05, 0) is 18.9 Å². The second-order valence-corrected chi connectivity index (χ2v) is 5.71. The number of hydrogen-bond donors (Lipinski definition) is 2. The summed E-state index contributed by atoms with van der Waals surface area (Å²) in [6.45, 7) is 0. The first kappa shape index (κ1) is 14.5. The molecule has 1 aromatic heterocycles. The maximum Gasteiger partial charge on any atom is 0.331 e. The smallest absolute Gasteiger partial charge is 0.331 e. The van der Waals surface area contributed by atoms with Crippen molar-refractivity contribution in [2.45, 2.75) is 31.2 Å². The Hall–Kier alpha value is -1.89. The number of carbonyl (C=O) groups excluding carboxylic acids is 3. The average molecular weight is 296 g/mol. The fourth-order valence-electron chi connectivity index (χ4n) is 2.42.